The van der Waals surface area contributed by atoms with Crippen molar-refractivity contribution in [2.45, 2.75) is 44.7 Å². The lowest BCUT2D eigenvalue weighted by Crippen LogP contribution is -2.67. The molecule has 0 unspecified atom stereocenters. The first kappa shape index (κ1) is 17.8. The third-order valence-corrected chi connectivity index (χ3v) is 6.17. The lowest BCUT2D eigenvalue weighted by Gasteiger charge is -2.56. The summed E-state index contributed by atoms with van der Waals surface area (Å²) in [5.41, 5.74) is 6.02. The van der Waals surface area contributed by atoms with Crippen LogP contribution in [0.5, 0.6) is 0 Å². The zero-order valence-electron chi connectivity index (χ0n) is 15.5. The highest BCUT2D eigenvalue weighted by Gasteiger charge is 2.50. The number of hydrogen-bond donors (Lipinski definition) is 3. The fourth-order valence-corrected chi connectivity index (χ4v) is 5.07. The molecular weight excluding hydrogens is 348 g/mol. The molecule has 9 nitrogen and oxygen atoms in total. The molecule has 4 N–H and O–H groups in total. The van der Waals surface area contributed by atoms with Crippen LogP contribution in [-0.4, -0.2) is 69.4 Å². The minimum absolute atomic E-state index is 0.0645. The molecule has 1 aromatic heterocycles. The van der Waals surface area contributed by atoms with Gasteiger partial charge in [0.05, 0.1) is 6.04 Å². The van der Waals surface area contributed by atoms with Gasteiger partial charge in [0.15, 0.2) is 0 Å². The zero-order chi connectivity index (χ0) is 19.1. The summed E-state index contributed by atoms with van der Waals surface area (Å²) in [5.74, 6) is 0.682. The molecule has 2 bridgehead atoms. The highest BCUT2D eigenvalue weighted by molar-refractivity contribution is 5.93. The van der Waals surface area contributed by atoms with E-state index in [9.17, 15) is 14.4 Å². The van der Waals surface area contributed by atoms with Crippen LogP contribution in [-0.2, 0) is 9.59 Å². The number of likely N-dealkylation sites (tertiary alicyclic amines) is 1. The summed E-state index contributed by atoms with van der Waals surface area (Å²) in [6, 6.07) is 1.63. The van der Waals surface area contributed by atoms with Gasteiger partial charge >= 0.3 is 0 Å². The number of aromatic nitrogens is 2. The number of carbonyl (C=O) groups excluding carboxylic acids is 3. The first-order valence-electron chi connectivity index (χ1n) is 9.59. The van der Waals surface area contributed by atoms with Gasteiger partial charge in [-0.2, -0.15) is 5.10 Å². The third kappa shape index (κ3) is 3.26. The first-order valence-corrected chi connectivity index (χ1v) is 9.59. The molecule has 0 spiro atoms. The number of fused-ring (bicyclic) bond motifs is 4. The molecule has 3 aliphatic rings. The molecule has 0 saturated carbocycles. The van der Waals surface area contributed by atoms with Crippen LogP contribution in [0.1, 0.15) is 43.1 Å². The molecular formula is C18H26N6O3. The molecule has 1 aromatic rings. The Balaban J connectivity index is 1.58. The number of nitrogens with two attached hydrogens (primary N) is 1. The maximum absolute atomic E-state index is 12.9. The van der Waals surface area contributed by atoms with Gasteiger partial charge in [-0.3, -0.25) is 19.5 Å². The lowest BCUT2D eigenvalue weighted by atomic mass is 9.72. The average molecular weight is 374 g/mol. The van der Waals surface area contributed by atoms with Gasteiger partial charge in [-0.25, -0.2) is 0 Å². The van der Waals surface area contributed by atoms with E-state index in [-0.39, 0.29) is 41.6 Å². The number of nitrogen functional groups attached to an aromatic ring is 1. The van der Waals surface area contributed by atoms with Gasteiger partial charge in [-0.05, 0) is 31.1 Å². The summed E-state index contributed by atoms with van der Waals surface area (Å²) in [4.78, 5) is 40.9. The molecule has 0 aliphatic carbocycles. The van der Waals surface area contributed by atoms with Crippen LogP contribution in [0.2, 0.25) is 0 Å². The zero-order valence-corrected chi connectivity index (χ0v) is 15.5. The predicted octanol–water partition coefficient (Wildman–Crippen LogP) is -0.0304. The molecule has 3 amide bonds. The first-order chi connectivity index (χ1) is 12.9. The van der Waals surface area contributed by atoms with Crippen molar-refractivity contribution >= 4 is 23.5 Å². The molecule has 146 valence electrons. The van der Waals surface area contributed by atoms with Crippen molar-refractivity contribution in [1.82, 2.24) is 25.3 Å². The Bertz CT molecular complexity index is 762. The molecule has 4 heterocycles. The van der Waals surface area contributed by atoms with E-state index in [0.717, 1.165) is 19.3 Å². The van der Waals surface area contributed by atoms with Crippen LogP contribution in [0, 0.1) is 11.8 Å². The third-order valence-electron chi connectivity index (χ3n) is 6.17. The van der Waals surface area contributed by atoms with Gasteiger partial charge in [-0.15, -0.1) is 0 Å². The van der Waals surface area contributed by atoms with E-state index in [0.29, 0.717) is 37.6 Å². The van der Waals surface area contributed by atoms with Gasteiger partial charge in [0.1, 0.15) is 11.5 Å². The van der Waals surface area contributed by atoms with E-state index in [1.54, 1.807) is 6.07 Å². The fraction of sp³-hybridized carbons (Fsp3) is 0.667. The average Bonchev–Trinajstić information content (AvgIpc) is 3.07. The van der Waals surface area contributed by atoms with Crippen LogP contribution in [0.3, 0.4) is 0 Å². The topological polar surface area (TPSA) is 124 Å². The molecule has 3 aliphatic heterocycles. The van der Waals surface area contributed by atoms with Gasteiger partial charge < -0.3 is 20.9 Å². The van der Waals surface area contributed by atoms with Crippen molar-refractivity contribution < 1.29 is 14.4 Å². The Morgan fingerprint density at radius 2 is 2.15 bits per heavy atom. The Hall–Kier alpha value is -2.58. The molecule has 27 heavy (non-hydrogen) atoms. The van der Waals surface area contributed by atoms with Crippen LogP contribution in [0.15, 0.2) is 6.07 Å². The number of anilines is 1. The lowest BCUT2D eigenvalue weighted by molar-refractivity contribution is -0.151. The number of rotatable bonds is 3. The number of aromatic amines is 1. The smallest absolute Gasteiger partial charge is 0.271 e. The summed E-state index contributed by atoms with van der Waals surface area (Å²) in [5, 5.41) is 9.43. The molecule has 4 atom stereocenters. The van der Waals surface area contributed by atoms with Crippen molar-refractivity contribution in [3.05, 3.63) is 11.8 Å². The number of amides is 3. The number of carbonyl (C=O) groups is 3. The van der Waals surface area contributed by atoms with E-state index < -0.39 is 0 Å². The highest BCUT2D eigenvalue weighted by Crippen LogP contribution is 2.41. The number of nitrogens with one attached hydrogen (secondary N) is 2. The molecule has 4 rings (SSSR count). The molecule has 3 fully saturated rings. The van der Waals surface area contributed by atoms with Gasteiger partial charge in [0.2, 0.25) is 11.8 Å². The van der Waals surface area contributed by atoms with Gasteiger partial charge in [0.25, 0.3) is 5.91 Å². The maximum Gasteiger partial charge on any atom is 0.271 e. The number of piperidine rings is 3. The summed E-state index contributed by atoms with van der Waals surface area (Å²) in [7, 11) is 0. The summed E-state index contributed by atoms with van der Waals surface area (Å²) >= 11 is 0. The van der Waals surface area contributed by atoms with Crippen LogP contribution < -0.4 is 11.1 Å². The second-order valence-electron chi connectivity index (χ2n) is 7.94. The highest BCUT2D eigenvalue weighted by atomic mass is 16.2. The van der Waals surface area contributed by atoms with E-state index in [4.69, 9.17) is 5.73 Å². The van der Waals surface area contributed by atoms with Crippen molar-refractivity contribution in [2.24, 2.45) is 11.8 Å². The van der Waals surface area contributed by atoms with Gasteiger partial charge in [0, 0.05) is 45.1 Å². The second kappa shape index (κ2) is 6.86. The fourth-order valence-electron chi connectivity index (χ4n) is 5.07. The van der Waals surface area contributed by atoms with Crippen molar-refractivity contribution in [3.63, 3.8) is 0 Å². The van der Waals surface area contributed by atoms with Gasteiger partial charge in [-0.1, -0.05) is 0 Å². The maximum atomic E-state index is 12.9. The largest absolute Gasteiger partial charge is 0.382 e. The van der Waals surface area contributed by atoms with Crippen LogP contribution >= 0.6 is 0 Å². The summed E-state index contributed by atoms with van der Waals surface area (Å²) < 4.78 is 0. The monoisotopic (exact) mass is 374 g/mol. The molecule has 0 aromatic carbocycles. The SMILES string of the molecule is CC(=O)NC[C@H]1[C@H]2C[C@H](CN(C(=O)c3cc(N)n[nH]3)C2)[C@@H]2CCCC(=O)N21. The van der Waals surface area contributed by atoms with E-state index in [1.807, 2.05) is 9.80 Å². The summed E-state index contributed by atoms with van der Waals surface area (Å²) in [6.07, 6.45) is 3.40. The van der Waals surface area contributed by atoms with Crippen molar-refractivity contribution in [1.29, 1.82) is 0 Å². The number of nitrogens with zero attached hydrogens (tertiary/aromatic N) is 3. The van der Waals surface area contributed by atoms with Crippen LogP contribution in [0.4, 0.5) is 5.82 Å². The molecule has 3 saturated heterocycles. The Kier molecular flexibility index (Phi) is 4.53. The number of H-pyrrole nitrogens is 1. The van der Waals surface area contributed by atoms with E-state index in [1.165, 1.54) is 6.92 Å². The Labute approximate surface area is 157 Å². The van der Waals surface area contributed by atoms with E-state index in [2.05, 4.69) is 15.5 Å². The Morgan fingerprint density at radius 1 is 1.37 bits per heavy atom. The number of hydrogen-bond acceptors (Lipinski definition) is 5. The van der Waals surface area contributed by atoms with Crippen LogP contribution in [0.25, 0.3) is 0 Å². The Morgan fingerprint density at radius 3 is 2.85 bits per heavy atom. The van der Waals surface area contributed by atoms with Crippen molar-refractivity contribution in [3.8, 4) is 0 Å². The minimum Gasteiger partial charge on any atom is -0.382 e. The van der Waals surface area contributed by atoms with E-state index >= 15 is 0 Å². The predicted molar refractivity (Wildman–Crippen MR) is 97.5 cm³/mol. The quantitative estimate of drug-likeness (QED) is 0.685. The molecule has 0 radical (unpaired) electrons. The summed E-state index contributed by atoms with van der Waals surface area (Å²) in [6.45, 7) is 3.12. The standard InChI is InChI=1S/C18H26N6O3/c1-10(25)20-7-15-12-5-11(14-3-2-4-17(26)24(14)15)8-23(9-12)18(27)13-6-16(19)22-21-13/h6,11-12,14-15H,2-5,7-9H2,1H3,(H,20,25)(H3,19,21,22)/t11-,12+,14+,15+/m1/s1. The van der Waals surface area contributed by atoms with Crippen molar-refractivity contribution in [2.75, 3.05) is 25.4 Å². The minimum atomic E-state index is -0.109. The molecule has 9 heteroatoms. The second-order valence-corrected chi connectivity index (χ2v) is 7.94. The normalized spacial score (nSPS) is 30.0.